The van der Waals surface area contributed by atoms with Crippen LogP contribution in [0.1, 0.15) is 13.3 Å². The van der Waals surface area contributed by atoms with Crippen LogP contribution in [0.25, 0.3) is 0 Å². The molecule has 0 amide bonds. The van der Waals surface area contributed by atoms with Crippen LogP contribution in [-0.4, -0.2) is 32.3 Å². The molecular weight excluding hydrogens is 211 g/mol. The number of halogens is 3. The standard InChI is InChI=1S/C9H14F3NO2/c1-7(8(14)15-2)3-5-13-6-4-9(10,11)12/h3,13H,4-6H2,1-2H3. The van der Waals surface area contributed by atoms with Crippen molar-refractivity contribution in [2.45, 2.75) is 19.5 Å². The van der Waals surface area contributed by atoms with Crippen molar-refractivity contribution in [2.24, 2.45) is 0 Å². The number of hydrogen-bond donors (Lipinski definition) is 1. The molecule has 0 unspecified atom stereocenters. The van der Waals surface area contributed by atoms with E-state index in [0.717, 1.165) is 0 Å². The van der Waals surface area contributed by atoms with E-state index >= 15 is 0 Å². The van der Waals surface area contributed by atoms with Crippen LogP contribution < -0.4 is 5.32 Å². The van der Waals surface area contributed by atoms with E-state index in [4.69, 9.17) is 0 Å². The van der Waals surface area contributed by atoms with Crippen molar-refractivity contribution in [3.05, 3.63) is 11.6 Å². The average molecular weight is 225 g/mol. The second-order valence-electron chi connectivity index (χ2n) is 2.95. The van der Waals surface area contributed by atoms with E-state index in [1.165, 1.54) is 20.1 Å². The third-order valence-corrected chi connectivity index (χ3v) is 1.65. The fourth-order valence-electron chi connectivity index (χ4n) is 0.802. The van der Waals surface area contributed by atoms with Crippen molar-refractivity contribution in [1.82, 2.24) is 5.32 Å². The number of esters is 1. The van der Waals surface area contributed by atoms with E-state index in [1.54, 1.807) is 0 Å². The van der Waals surface area contributed by atoms with E-state index in [-0.39, 0.29) is 13.1 Å². The molecule has 0 spiro atoms. The average Bonchev–Trinajstić information content (AvgIpc) is 2.14. The summed E-state index contributed by atoms with van der Waals surface area (Å²) in [5.74, 6) is -0.479. The third-order valence-electron chi connectivity index (χ3n) is 1.65. The summed E-state index contributed by atoms with van der Waals surface area (Å²) in [5.41, 5.74) is 0.372. The maximum atomic E-state index is 11.7. The lowest BCUT2D eigenvalue weighted by atomic mass is 10.3. The zero-order valence-corrected chi connectivity index (χ0v) is 8.65. The highest BCUT2D eigenvalue weighted by Crippen LogP contribution is 2.17. The van der Waals surface area contributed by atoms with Gasteiger partial charge in [-0.2, -0.15) is 13.2 Å². The van der Waals surface area contributed by atoms with Crippen LogP contribution in [0.4, 0.5) is 13.2 Å². The van der Waals surface area contributed by atoms with Crippen molar-refractivity contribution in [2.75, 3.05) is 20.2 Å². The lowest BCUT2D eigenvalue weighted by Gasteiger charge is -2.06. The number of hydrogen-bond acceptors (Lipinski definition) is 3. The molecule has 0 fully saturated rings. The number of ether oxygens (including phenoxy) is 1. The van der Waals surface area contributed by atoms with Gasteiger partial charge in [0.15, 0.2) is 0 Å². The van der Waals surface area contributed by atoms with Gasteiger partial charge in [0.05, 0.1) is 13.5 Å². The van der Waals surface area contributed by atoms with Gasteiger partial charge in [0.25, 0.3) is 0 Å². The van der Waals surface area contributed by atoms with Crippen molar-refractivity contribution in [1.29, 1.82) is 0 Å². The zero-order valence-electron chi connectivity index (χ0n) is 8.65. The van der Waals surface area contributed by atoms with E-state index in [9.17, 15) is 18.0 Å². The van der Waals surface area contributed by atoms with Gasteiger partial charge in [-0.1, -0.05) is 6.08 Å². The first-order chi connectivity index (χ1) is 6.87. The normalized spacial score (nSPS) is 12.7. The smallest absolute Gasteiger partial charge is 0.390 e. The summed E-state index contributed by atoms with van der Waals surface area (Å²) in [6.07, 6.45) is -3.53. The number of methoxy groups -OCH3 is 1. The molecule has 0 saturated carbocycles. The number of carbonyl (C=O) groups is 1. The lowest BCUT2D eigenvalue weighted by Crippen LogP contribution is -2.22. The van der Waals surface area contributed by atoms with Gasteiger partial charge in [-0.15, -0.1) is 0 Å². The molecule has 15 heavy (non-hydrogen) atoms. The Kier molecular flexibility index (Phi) is 6.00. The van der Waals surface area contributed by atoms with Crippen LogP contribution >= 0.6 is 0 Å². The molecular formula is C9H14F3NO2. The van der Waals surface area contributed by atoms with Gasteiger partial charge in [-0.3, -0.25) is 0 Å². The fraction of sp³-hybridized carbons (Fsp3) is 0.667. The van der Waals surface area contributed by atoms with Crippen molar-refractivity contribution in [3.63, 3.8) is 0 Å². The largest absolute Gasteiger partial charge is 0.466 e. The molecule has 0 bridgehead atoms. The number of rotatable bonds is 5. The fourth-order valence-corrected chi connectivity index (χ4v) is 0.802. The number of nitrogens with one attached hydrogen (secondary N) is 1. The van der Waals surface area contributed by atoms with Gasteiger partial charge in [0.1, 0.15) is 0 Å². The molecule has 1 N–H and O–H groups in total. The van der Waals surface area contributed by atoms with Crippen LogP contribution in [0, 0.1) is 0 Å². The minimum atomic E-state index is -4.14. The Morgan fingerprint density at radius 3 is 2.53 bits per heavy atom. The monoisotopic (exact) mass is 225 g/mol. The van der Waals surface area contributed by atoms with Gasteiger partial charge in [-0.05, 0) is 6.92 Å². The predicted molar refractivity (Wildman–Crippen MR) is 49.3 cm³/mol. The molecule has 0 aromatic rings. The highest BCUT2D eigenvalue weighted by atomic mass is 19.4. The first kappa shape index (κ1) is 14.0. The highest BCUT2D eigenvalue weighted by molar-refractivity contribution is 5.87. The van der Waals surface area contributed by atoms with Crippen LogP contribution in [0.15, 0.2) is 11.6 Å². The minimum absolute atomic E-state index is 0.158. The Morgan fingerprint density at radius 1 is 1.47 bits per heavy atom. The summed E-state index contributed by atoms with van der Waals surface area (Å²) in [4.78, 5) is 10.8. The molecule has 0 aliphatic rings. The summed E-state index contributed by atoms with van der Waals surface area (Å²) in [5, 5.41) is 2.55. The number of carbonyl (C=O) groups excluding carboxylic acids is 1. The van der Waals surface area contributed by atoms with Gasteiger partial charge >= 0.3 is 12.1 Å². The maximum Gasteiger partial charge on any atom is 0.390 e. The first-order valence-corrected chi connectivity index (χ1v) is 4.39. The summed E-state index contributed by atoms with van der Waals surface area (Å²) in [6.45, 7) is 1.60. The van der Waals surface area contributed by atoms with Gasteiger partial charge in [0.2, 0.25) is 0 Å². The van der Waals surface area contributed by atoms with E-state index in [1.807, 2.05) is 0 Å². The molecule has 0 aromatic carbocycles. The van der Waals surface area contributed by atoms with Crippen molar-refractivity contribution in [3.8, 4) is 0 Å². The summed E-state index contributed by atoms with van der Waals surface area (Å²) < 4.78 is 39.5. The second kappa shape index (κ2) is 6.44. The molecule has 3 nitrogen and oxygen atoms in total. The van der Waals surface area contributed by atoms with Gasteiger partial charge < -0.3 is 10.1 Å². The quantitative estimate of drug-likeness (QED) is 0.439. The molecule has 0 rings (SSSR count). The first-order valence-electron chi connectivity index (χ1n) is 4.39. The third kappa shape index (κ3) is 7.99. The Balaban J connectivity index is 3.66. The zero-order chi connectivity index (χ0) is 11.9. The van der Waals surface area contributed by atoms with Crippen molar-refractivity contribution >= 4 is 5.97 Å². The van der Waals surface area contributed by atoms with E-state index < -0.39 is 18.6 Å². The lowest BCUT2D eigenvalue weighted by molar-refractivity contribution is -0.136. The Morgan fingerprint density at radius 2 is 2.07 bits per heavy atom. The molecule has 88 valence electrons. The van der Waals surface area contributed by atoms with E-state index in [0.29, 0.717) is 5.57 Å². The van der Waals surface area contributed by atoms with Crippen LogP contribution in [0.3, 0.4) is 0 Å². The topological polar surface area (TPSA) is 38.3 Å². The number of alkyl halides is 3. The Hall–Kier alpha value is -1.04. The second-order valence-corrected chi connectivity index (χ2v) is 2.95. The molecule has 0 aliphatic heterocycles. The summed E-state index contributed by atoms with van der Waals surface area (Å²) >= 11 is 0. The molecule has 0 aromatic heterocycles. The molecule has 0 aliphatic carbocycles. The van der Waals surface area contributed by atoms with Crippen LogP contribution in [-0.2, 0) is 9.53 Å². The van der Waals surface area contributed by atoms with Gasteiger partial charge in [0, 0.05) is 18.7 Å². The van der Waals surface area contributed by atoms with E-state index in [2.05, 4.69) is 10.1 Å². The molecule has 0 atom stereocenters. The van der Waals surface area contributed by atoms with Crippen LogP contribution in [0.5, 0.6) is 0 Å². The maximum absolute atomic E-state index is 11.7. The van der Waals surface area contributed by atoms with Crippen molar-refractivity contribution < 1.29 is 22.7 Å². The summed E-state index contributed by atoms with van der Waals surface area (Å²) in [7, 11) is 1.25. The molecule has 0 heterocycles. The van der Waals surface area contributed by atoms with Gasteiger partial charge in [-0.25, -0.2) is 4.79 Å². The molecule has 0 radical (unpaired) electrons. The Labute approximate surface area is 86.3 Å². The molecule has 6 heteroatoms. The minimum Gasteiger partial charge on any atom is -0.466 e. The summed E-state index contributed by atoms with van der Waals surface area (Å²) in [6, 6.07) is 0. The highest BCUT2D eigenvalue weighted by Gasteiger charge is 2.25. The molecule has 0 saturated heterocycles. The van der Waals surface area contributed by atoms with Crippen LogP contribution in [0.2, 0.25) is 0 Å². The SMILES string of the molecule is COC(=O)C(C)=CCNCCC(F)(F)F. The predicted octanol–water partition coefficient (Wildman–Crippen LogP) is 1.65. The Bertz CT molecular complexity index is 236.